The Morgan fingerprint density at radius 3 is 2.65 bits per heavy atom. The highest BCUT2D eigenvalue weighted by Gasteiger charge is 2.22. The second kappa shape index (κ2) is 8.63. The van der Waals surface area contributed by atoms with E-state index in [1.807, 2.05) is 13.0 Å². The number of nitrogens with zero attached hydrogens (tertiary/aromatic N) is 2. The number of pyridine rings is 1. The summed E-state index contributed by atoms with van der Waals surface area (Å²) in [5, 5.41) is 0. The highest BCUT2D eigenvalue weighted by atomic mass is 16.5. The molecule has 112 valence electrons. The van der Waals surface area contributed by atoms with Gasteiger partial charge in [-0.3, -0.25) is 9.78 Å². The van der Waals surface area contributed by atoms with Gasteiger partial charge in [-0.25, -0.2) is 0 Å². The van der Waals surface area contributed by atoms with E-state index in [9.17, 15) is 4.79 Å². The Morgan fingerprint density at radius 2 is 2.15 bits per heavy atom. The first kappa shape index (κ1) is 16.6. The Kier molecular flexibility index (Phi) is 7.14. The van der Waals surface area contributed by atoms with Crippen LogP contribution in [0.25, 0.3) is 0 Å². The lowest BCUT2D eigenvalue weighted by atomic mass is 10.2. The molecular formula is C14H23N3O3. The summed E-state index contributed by atoms with van der Waals surface area (Å²) in [5.41, 5.74) is 6.82. The number of hydrogen-bond acceptors (Lipinski definition) is 5. The molecule has 0 spiro atoms. The van der Waals surface area contributed by atoms with E-state index >= 15 is 0 Å². The number of aromatic nitrogens is 1. The Balaban J connectivity index is 2.84. The van der Waals surface area contributed by atoms with Crippen LogP contribution in [0, 0.1) is 0 Å². The molecule has 1 unspecified atom stereocenters. The van der Waals surface area contributed by atoms with Gasteiger partial charge in [0.15, 0.2) is 0 Å². The fraction of sp³-hybridized carbons (Fsp3) is 0.571. The molecule has 0 saturated heterocycles. The van der Waals surface area contributed by atoms with E-state index in [-0.39, 0.29) is 11.9 Å². The molecular weight excluding hydrogens is 258 g/mol. The van der Waals surface area contributed by atoms with Gasteiger partial charge >= 0.3 is 0 Å². The summed E-state index contributed by atoms with van der Waals surface area (Å²) in [6.07, 6.45) is 1.63. The molecule has 20 heavy (non-hydrogen) atoms. The molecule has 1 aromatic heterocycles. The Hall–Kier alpha value is -1.50. The SMILES string of the molecule is COCCN(C(=O)c1ccc(CN)cn1)C(C)COC. The third-order valence-electron chi connectivity index (χ3n) is 3.02. The summed E-state index contributed by atoms with van der Waals surface area (Å²) >= 11 is 0. The third kappa shape index (κ3) is 4.56. The Morgan fingerprint density at radius 1 is 1.40 bits per heavy atom. The van der Waals surface area contributed by atoms with E-state index in [4.69, 9.17) is 15.2 Å². The smallest absolute Gasteiger partial charge is 0.272 e. The molecule has 2 N–H and O–H groups in total. The molecule has 0 radical (unpaired) electrons. The molecule has 1 heterocycles. The number of methoxy groups -OCH3 is 2. The van der Waals surface area contributed by atoms with Crippen molar-refractivity contribution in [3.05, 3.63) is 29.6 Å². The summed E-state index contributed by atoms with van der Waals surface area (Å²) in [5.74, 6) is -0.129. The topological polar surface area (TPSA) is 77.7 Å². The first-order valence-electron chi connectivity index (χ1n) is 6.57. The van der Waals surface area contributed by atoms with Crippen molar-refractivity contribution < 1.29 is 14.3 Å². The molecule has 1 amide bonds. The second-order valence-electron chi connectivity index (χ2n) is 4.55. The zero-order valence-corrected chi connectivity index (χ0v) is 12.3. The average Bonchev–Trinajstić information content (AvgIpc) is 2.48. The van der Waals surface area contributed by atoms with E-state index in [2.05, 4.69) is 4.98 Å². The molecule has 0 bridgehead atoms. The van der Waals surface area contributed by atoms with Crippen LogP contribution in [0.5, 0.6) is 0 Å². The van der Waals surface area contributed by atoms with Crippen molar-refractivity contribution in [3.8, 4) is 0 Å². The largest absolute Gasteiger partial charge is 0.383 e. The van der Waals surface area contributed by atoms with E-state index in [1.165, 1.54) is 0 Å². The van der Waals surface area contributed by atoms with Crippen molar-refractivity contribution in [1.29, 1.82) is 0 Å². The number of hydrogen-bond donors (Lipinski definition) is 1. The molecule has 6 heteroatoms. The van der Waals surface area contributed by atoms with Crippen LogP contribution in [-0.4, -0.2) is 55.8 Å². The lowest BCUT2D eigenvalue weighted by Gasteiger charge is -2.28. The van der Waals surface area contributed by atoms with Crippen molar-refractivity contribution in [2.45, 2.75) is 19.5 Å². The lowest BCUT2D eigenvalue weighted by Crippen LogP contribution is -2.43. The Bertz CT molecular complexity index is 409. The number of ether oxygens (including phenoxy) is 2. The van der Waals surface area contributed by atoms with Crippen molar-refractivity contribution >= 4 is 5.91 Å². The van der Waals surface area contributed by atoms with Gasteiger partial charge in [-0.1, -0.05) is 6.07 Å². The van der Waals surface area contributed by atoms with Crippen molar-refractivity contribution in [3.63, 3.8) is 0 Å². The summed E-state index contributed by atoms with van der Waals surface area (Å²) in [4.78, 5) is 18.4. The molecule has 0 saturated carbocycles. The summed E-state index contributed by atoms with van der Waals surface area (Å²) in [7, 11) is 3.22. The predicted molar refractivity (Wildman–Crippen MR) is 76.4 cm³/mol. The maximum absolute atomic E-state index is 12.5. The van der Waals surface area contributed by atoms with Crippen LogP contribution in [0.15, 0.2) is 18.3 Å². The highest BCUT2D eigenvalue weighted by Crippen LogP contribution is 2.08. The minimum atomic E-state index is -0.129. The fourth-order valence-corrected chi connectivity index (χ4v) is 1.86. The van der Waals surface area contributed by atoms with Gasteiger partial charge in [0.25, 0.3) is 5.91 Å². The van der Waals surface area contributed by atoms with E-state index in [0.717, 1.165) is 5.56 Å². The summed E-state index contributed by atoms with van der Waals surface area (Å²) < 4.78 is 10.2. The molecule has 6 nitrogen and oxygen atoms in total. The molecule has 0 aliphatic heterocycles. The van der Waals surface area contributed by atoms with Crippen molar-refractivity contribution in [1.82, 2.24) is 9.88 Å². The standard InChI is InChI=1S/C14H23N3O3/c1-11(10-20-3)17(6-7-19-2)14(18)13-5-4-12(8-15)9-16-13/h4-5,9,11H,6-8,10,15H2,1-3H3. The van der Waals surface area contributed by atoms with E-state index in [1.54, 1.807) is 31.4 Å². The quantitative estimate of drug-likeness (QED) is 0.757. The highest BCUT2D eigenvalue weighted by molar-refractivity contribution is 5.92. The fourth-order valence-electron chi connectivity index (χ4n) is 1.86. The molecule has 1 atom stereocenters. The molecule has 0 aliphatic rings. The van der Waals surface area contributed by atoms with Gasteiger partial charge < -0.3 is 20.1 Å². The van der Waals surface area contributed by atoms with Crippen LogP contribution in [0.2, 0.25) is 0 Å². The van der Waals surface area contributed by atoms with Gasteiger partial charge in [-0.2, -0.15) is 0 Å². The Labute approximate surface area is 119 Å². The number of nitrogens with two attached hydrogens (primary N) is 1. The van der Waals surface area contributed by atoms with Crippen LogP contribution >= 0.6 is 0 Å². The normalized spacial score (nSPS) is 12.2. The molecule has 0 aromatic carbocycles. The predicted octanol–water partition coefficient (Wildman–Crippen LogP) is 0.664. The molecule has 0 aliphatic carbocycles. The van der Waals surface area contributed by atoms with Gasteiger partial charge in [-0.15, -0.1) is 0 Å². The van der Waals surface area contributed by atoms with Crippen LogP contribution < -0.4 is 5.73 Å². The van der Waals surface area contributed by atoms with Gasteiger partial charge in [0.1, 0.15) is 5.69 Å². The number of carbonyl (C=O) groups excluding carboxylic acids is 1. The summed E-state index contributed by atoms with van der Waals surface area (Å²) in [6.45, 7) is 3.79. The number of amides is 1. The summed E-state index contributed by atoms with van der Waals surface area (Å²) in [6, 6.07) is 3.47. The van der Waals surface area contributed by atoms with Crippen LogP contribution in [0.1, 0.15) is 23.0 Å². The van der Waals surface area contributed by atoms with Crippen LogP contribution in [-0.2, 0) is 16.0 Å². The molecule has 1 aromatic rings. The van der Waals surface area contributed by atoms with E-state index in [0.29, 0.717) is 32.0 Å². The maximum Gasteiger partial charge on any atom is 0.272 e. The average molecular weight is 281 g/mol. The zero-order chi connectivity index (χ0) is 15.0. The zero-order valence-electron chi connectivity index (χ0n) is 12.3. The van der Waals surface area contributed by atoms with E-state index < -0.39 is 0 Å². The van der Waals surface area contributed by atoms with Gasteiger partial charge in [0, 0.05) is 33.5 Å². The lowest BCUT2D eigenvalue weighted by molar-refractivity contribution is 0.0474. The van der Waals surface area contributed by atoms with Gasteiger partial charge in [0.2, 0.25) is 0 Å². The number of carbonyl (C=O) groups is 1. The minimum absolute atomic E-state index is 0.0429. The van der Waals surface area contributed by atoms with Crippen molar-refractivity contribution in [2.24, 2.45) is 5.73 Å². The monoisotopic (exact) mass is 281 g/mol. The second-order valence-corrected chi connectivity index (χ2v) is 4.55. The van der Waals surface area contributed by atoms with Crippen LogP contribution in [0.4, 0.5) is 0 Å². The first-order chi connectivity index (χ1) is 9.63. The van der Waals surface area contributed by atoms with Crippen molar-refractivity contribution in [2.75, 3.05) is 34.0 Å². The molecule has 1 rings (SSSR count). The van der Waals surface area contributed by atoms with Gasteiger partial charge in [-0.05, 0) is 18.6 Å². The minimum Gasteiger partial charge on any atom is -0.383 e. The molecule has 0 fully saturated rings. The van der Waals surface area contributed by atoms with Crippen LogP contribution in [0.3, 0.4) is 0 Å². The van der Waals surface area contributed by atoms with Gasteiger partial charge in [0.05, 0.1) is 19.3 Å². The maximum atomic E-state index is 12.5. The first-order valence-corrected chi connectivity index (χ1v) is 6.57. The third-order valence-corrected chi connectivity index (χ3v) is 3.02. The number of rotatable bonds is 8.